The number of rotatable bonds is 3. The minimum Gasteiger partial charge on any atom is -0.497 e. The lowest BCUT2D eigenvalue weighted by Gasteiger charge is -2.58. The maximum absolute atomic E-state index is 13.0. The van der Waals surface area contributed by atoms with Gasteiger partial charge in [0, 0.05) is 17.9 Å². The zero-order valence-electron chi connectivity index (χ0n) is 15.8. The molecule has 5 nitrogen and oxygen atoms in total. The van der Waals surface area contributed by atoms with Gasteiger partial charge in [0.15, 0.2) is 0 Å². The van der Waals surface area contributed by atoms with Gasteiger partial charge < -0.3 is 14.4 Å². The van der Waals surface area contributed by atoms with E-state index in [1.165, 1.54) is 11.1 Å². The minimum absolute atomic E-state index is 0.0404. The Hall–Kier alpha value is -1.88. The van der Waals surface area contributed by atoms with Gasteiger partial charge in [-0.1, -0.05) is 6.07 Å². The fourth-order valence-corrected chi connectivity index (χ4v) is 5.57. The van der Waals surface area contributed by atoms with Crippen molar-refractivity contribution in [2.24, 2.45) is 11.8 Å². The molecule has 2 fully saturated rings. The highest BCUT2D eigenvalue weighted by Crippen LogP contribution is 2.56. The number of carbonyl (C=O) groups is 2. The molecule has 1 aliphatic heterocycles. The number of methoxy groups -OCH3 is 1. The van der Waals surface area contributed by atoms with Crippen LogP contribution in [0.25, 0.3) is 0 Å². The summed E-state index contributed by atoms with van der Waals surface area (Å²) in [4.78, 5) is 27.7. The summed E-state index contributed by atoms with van der Waals surface area (Å²) < 4.78 is 10.7. The SMILES string of the molecule is CCOC(=O)[C@H]1CC2C3Cc4ccc(OC)cc4C2(CCN3C)CC1=O. The lowest BCUT2D eigenvalue weighted by Crippen LogP contribution is -2.62. The Labute approximate surface area is 154 Å². The second kappa shape index (κ2) is 6.38. The van der Waals surface area contributed by atoms with E-state index < -0.39 is 5.92 Å². The van der Waals surface area contributed by atoms with Crippen LogP contribution in [-0.4, -0.2) is 50.0 Å². The molecule has 5 heteroatoms. The second-order valence-electron chi connectivity index (χ2n) is 7.97. The van der Waals surface area contributed by atoms with E-state index in [0.29, 0.717) is 31.4 Å². The van der Waals surface area contributed by atoms with Crippen LogP contribution in [0.4, 0.5) is 0 Å². The van der Waals surface area contributed by atoms with Crippen LogP contribution in [0.1, 0.15) is 37.3 Å². The largest absolute Gasteiger partial charge is 0.497 e. The third-order valence-corrected chi connectivity index (χ3v) is 6.87. The highest BCUT2D eigenvalue weighted by Gasteiger charge is 2.58. The van der Waals surface area contributed by atoms with Gasteiger partial charge in [-0.25, -0.2) is 0 Å². The fraction of sp³-hybridized carbons (Fsp3) is 0.619. The molecule has 0 aromatic heterocycles. The summed E-state index contributed by atoms with van der Waals surface area (Å²) in [5.74, 6) is 0.236. The lowest BCUT2D eigenvalue weighted by molar-refractivity contribution is -0.157. The number of ketones is 1. The van der Waals surface area contributed by atoms with Gasteiger partial charge in [-0.2, -0.15) is 0 Å². The number of piperidine rings is 1. The first-order valence-electron chi connectivity index (χ1n) is 9.57. The average molecular weight is 357 g/mol. The first-order valence-corrected chi connectivity index (χ1v) is 9.57. The number of likely N-dealkylation sites (tertiary alicyclic amines) is 1. The standard InChI is InChI=1S/C21H27NO4/c1-4-26-20(24)15-11-17-18-9-13-5-6-14(25-3)10-16(13)21(17,12-19(15)23)7-8-22(18)2/h5-6,10,15,17-18H,4,7-9,11-12H2,1-3H3/t15-,17?,18?,21?/m0/s1. The van der Waals surface area contributed by atoms with E-state index in [1.54, 1.807) is 14.0 Å². The van der Waals surface area contributed by atoms with Crippen LogP contribution in [0.2, 0.25) is 0 Å². The second-order valence-corrected chi connectivity index (χ2v) is 7.97. The Morgan fingerprint density at radius 2 is 2.19 bits per heavy atom. The predicted molar refractivity (Wildman–Crippen MR) is 97.3 cm³/mol. The summed E-state index contributed by atoms with van der Waals surface area (Å²) in [6.07, 6.45) is 2.95. The Morgan fingerprint density at radius 1 is 1.38 bits per heavy atom. The van der Waals surface area contributed by atoms with E-state index in [-0.39, 0.29) is 17.2 Å². The Bertz CT molecular complexity index is 746. The Balaban J connectivity index is 1.78. The zero-order chi connectivity index (χ0) is 18.5. The topological polar surface area (TPSA) is 55.8 Å². The van der Waals surface area contributed by atoms with Crippen LogP contribution in [0.3, 0.4) is 0 Å². The van der Waals surface area contributed by atoms with Crippen LogP contribution in [0, 0.1) is 11.8 Å². The molecule has 1 heterocycles. The summed E-state index contributed by atoms with van der Waals surface area (Å²) in [5, 5.41) is 0. The van der Waals surface area contributed by atoms with Crippen molar-refractivity contribution in [3.8, 4) is 5.75 Å². The van der Waals surface area contributed by atoms with Gasteiger partial charge in [-0.3, -0.25) is 9.59 Å². The third kappa shape index (κ3) is 2.48. The summed E-state index contributed by atoms with van der Waals surface area (Å²) in [6.45, 7) is 3.09. The van der Waals surface area contributed by atoms with Crippen molar-refractivity contribution in [1.29, 1.82) is 0 Å². The van der Waals surface area contributed by atoms with Gasteiger partial charge >= 0.3 is 5.97 Å². The van der Waals surface area contributed by atoms with E-state index in [0.717, 1.165) is 25.1 Å². The summed E-state index contributed by atoms with van der Waals surface area (Å²) in [5.41, 5.74) is 2.42. The number of nitrogens with zero attached hydrogens (tertiary/aromatic N) is 1. The number of ether oxygens (including phenoxy) is 2. The van der Waals surface area contributed by atoms with Crippen molar-refractivity contribution in [1.82, 2.24) is 4.90 Å². The van der Waals surface area contributed by atoms with E-state index in [2.05, 4.69) is 24.1 Å². The van der Waals surface area contributed by atoms with Crippen LogP contribution in [0.5, 0.6) is 5.75 Å². The lowest BCUT2D eigenvalue weighted by atomic mass is 9.50. The first-order chi connectivity index (χ1) is 12.5. The number of Topliss-reactive ketones (excluding diaryl/α,β-unsaturated/α-hetero) is 1. The number of hydrogen-bond acceptors (Lipinski definition) is 5. The van der Waals surface area contributed by atoms with Crippen molar-refractivity contribution < 1.29 is 19.1 Å². The smallest absolute Gasteiger partial charge is 0.316 e. The average Bonchev–Trinajstić information content (AvgIpc) is 2.64. The molecule has 0 radical (unpaired) electrons. The molecule has 1 aromatic carbocycles. The normalized spacial score (nSPS) is 33.2. The third-order valence-electron chi connectivity index (χ3n) is 6.87. The monoisotopic (exact) mass is 357 g/mol. The van der Waals surface area contributed by atoms with Gasteiger partial charge in [0.05, 0.1) is 13.7 Å². The quantitative estimate of drug-likeness (QED) is 0.614. The number of likely N-dealkylation sites (N-methyl/N-ethyl adjacent to an activating group) is 1. The molecule has 3 unspecified atom stereocenters. The zero-order valence-corrected chi connectivity index (χ0v) is 15.8. The molecule has 3 aliphatic rings. The van der Waals surface area contributed by atoms with Gasteiger partial charge in [-0.05, 0) is 69.0 Å². The molecule has 140 valence electrons. The van der Waals surface area contributed by atoms with Gasteiger partial charge in [0.25, 0.3) is 0 Å². The maximum Gasteiger partial charge on any atom is 0.316 e. The van der Waals surface area contributed by atoms with Crippen LogP contribution >= 0.6 is 0 Å². The molecule has 0 spiro atoms. The summed E-state index contributed by atoms with van der Waals surface area (Å²) >= 11 is 0. The number of benzene rings is 1. The number of fused-ring (bicyclic) bond motifs is 1. The fourth-order valence-electron chi connectivity index (χ4n) is 5.57. The molecule has 2 aliphatic carbocycles. The summed E-state index contributed by atoms with van der Waals surface area (Å²) in [6, 6.07) is 6.66. The number of hydrogen-bond donors (Lipinski definition) is 0. The van der Waals surface area contributed by atoms with E-state index in [9.17, 15) is 9.59 Å². The molecule has 1 saturated carbocycles. The summed E-state index contributed by atoms with van der Waals surface area (Å²) in [7, 11) is 3.85. The van der Waals surface area contributed by atoms with E-state index in [1.807, 2.05) is 6.07 Å². The molecule has 1 aromatic rings. The van der Waals surface area contributed by atoms with E-state index in [4.69, 9.17) is 9.47 Å². The molecular weight excluding hydrogens is 330 g/mol. The maximum atomic E-state index is 13.0. The van der Waals surface area contributed by atoms with Crippen molar-refractivity contribution in [3.63, 3.8) is 0 Å². The molecule has 0 N–H and O–H groups in total. The first kappa shape index (κ1) is 17.5. The molecular formula is C21H27NO4. The molecule has 4 rings (SSSR count). The number of esters is 1. The van der Waals surface area contributed by atoms with Gasteiger partial charge in [-0.15, -0.1) is 0 Å². The van der Waals surface area contributed by atoms with Crippen LogP contribution in [0.15, 0.2) is 18.2 Å². The van der Waals surface area contributed by atoms with Crippen molar-refractivity contribution in [2.45, 2.75) is 44.1 Å². The van der Waals surface area contributed by atoms with E-state index >= 15 is 0 Å². The molecule has 1 saturated heterocycles. The Morgan fingerprint density at radius 3 is 2.92 bits per heavy atom. The minimum atomic E-state index is -0.603. The molecule has 26 heavy (non-hydrogen) atoms. The molecule has 2 bridgehead atoms. The highest BCUT2D eigenvalue weighted by molar-refractivity contribution is 6.00. The number of carbonyl (C=O) groups excluding carboxylic acids is 2. The molecule has 4 atom stereocenters. The Kier molecular flexibility index (Phi) is 4.30. The van der Waals surface area contributed by atoms with Gasteiger partial charge in [0.1, 0.15) is 17.5 Å². The van der Waals surface area contributed by atoms with Crippen molar-refractivity contribution in [3.05, 3.63) is 29.3 Å². The van der Waals surface area contributed by atoms with Gasteiger partial charge in [0.2, 0.25) is 0 Å². The highest BCUT2D eigenvalue weighted by atomic mass is 16.5. The predicted octanol–water partition coefficient (Wildman–Crippen LogP) is 2.35. The molecule has 0 amide bonds. The van der Waals surface area contributed by atoms with Crippen molar-refractivity contribution in [2.75, 3.05) is 27.3 Å². The van der Waals surface area contributed by atoms with Crippen molar-refractivity contribution >= 4 is 11.8 Å². The van der Waals surface area contributed by atoms with Crippen LogP contribution in [-0.2, 0) is 26.2 Å². The van der Waals surface area contributed by atoms with Crippen LogP contribution < -0.4 is 4.74 Å².